The molecule has 1 atom stereocenters. The van der Waals surface area contributed by atoms with Crippen LogP contribution < -0.4 is 16.4 Å². The van der Waals surface area contributed by atoms with E-state index < -0.39 is 0 Å². The maximum absolute atomic E-state index is 11.1. The van der Waals surface area contributed by atoms with Gasteiger partial charge in [-0.25, -0.2) is 0 Å². The summed E-state index contributed by atoms with van der Waals surface area (Å²) in [7, 11) is 1.59. The van der Waals surface area contributed by atoms with Gasteiger partial charge in [-0.3, -0.25) is 9.79 Å². The summed E-state index contributed by atoms with van der Waals surface area (Å²) in [5.74, 6) is 0.271. The first kappa shape index (κ1) is 9.83. The number of nitrogens with two attached hydrogens (primary N) is 1. The molecule has 0 aromatic heterocycles. The molecule has 74 valence electrons. The third-order valence-electron chi connectivity index (χ3n) is 1.87. The maximum atomic E-state index is 11.1. The third kappa shape index (κ3) is 3.31. The van der Waals surface area contributed by atoms with Crippen LogP contribution in [0.25, 0.3) is 0 Å². The summed E-state index contributed by atoms with van der Waals surface area (Å²) in [6, 6.07) is 0.0527. The van der Waals surface area contributed by atoms with Crippen molar-refractivity contribution in [1.29, 1.82) is 0 Å². The third-order valence-corrected chi connectivity index (χ3v) is 1.87. The lowest BCUT2D eigenvalue weighted by Gasteiger charge is -2.12. The van der Waals surface area contributed by atoms with Crippen molar-refractivity contribution in [2.24, 2.45) is 10.7 Å². The first-order valence-corrected chi connectivity index (χ1v) is 4.45. The van der Waals surface area contributed by atoms with Crippen LogP contribution in [0.3, 0.4) is 0 Å². The van der Waals surface area contributed by atoms with E-state index in [1.54, 1.807) is 14.0 Å². The molecule has 0 aromatic rings. The van der Waals surface area contributed by atoms with Gasteiger partial charge in [0.05, 0.1) is 6.04 Å². The Morgan fingerprint density at radius 1 is 1.62 bits per heavy atom. The Balaban J connectivity index is 2.33. The second kappa shape index (κ2) is 4.11. The SMILES string of the molecule is CNC(=O)C(C)NC(N)=NC1CC1. The molecule has 5 heteroatoms. The molecular weight excluding hydrogens is 168 g/mol. The van der Waals surface area contributed by atoms with Crippen molar-refractivity contribution < 1.29 is 4.79 Å². The van der Waals surface area contributed by atoms with Gasteiger partial charge in [0, 0.05) is 7.05 Å². The lowest BCUT2D eigenvalue weighted by Crippen LogP contribution is -2.46. The summed E-state index contributed by atoms with van der Waals surface area (Å²) < 4.78 is 0. The van der Waals surface area contributed by atoms with Crippen LogP contribution in [0.4, 0.5) is 0 Å². The Labute approximate surface area is 77.8 Å². The molecule has 1 aliphatic rings. The lowest BCUT2D eigenvalue weighted by atomic mass is 10.3. The van der Waals surface area contributed by atoms with E-state index in [9.17, 15) is 4.79 Å². The first-order valence-electron chi connectivity index (χ1n) is 4.45. The minimum absolute atomic E-state index is 0.0889. The number of likely N-dealkylation sites (N-methyl/N-ethyl adjacent to an activating group) is 1. The van der Waals surface area contributed by atoms with Crippen molar-refractivity contribution in [1.82, 2.24) is 10.6 Å². The summed E-state index contributed by atoms with van der Waals surface area (Å²) in [6.07, 6.45) is 2.22. The number of nitrogens with zero attached hydrogens (tertiary/aromatic N) is 1. The fourth-order valence-corrected chi connectivity index (χ4v) is 0.941. The van der Waals surface area contributed by atoms with Gasteiger partial charge in [0.1, 0.15) is 6.04 Å². The number of hydrogen-bond donors (Lipinski definition) is 3. The molecule has 5 nitrogen and oxygen atoms in total. The molecule has 0 spiro atoms. The van der Waals surface area contributed by atoms with Crippen molar-refractivity contribution >= 4 is 11.9 Å². The molecule has 1 fully saturated rings. The van der Waals surface area contributed by atoms with Gasteiger partial charge in [0.25, 0.3) is 0 Å². The number of rotatable bonds is 3. The Morgan fingerprint density at radius 3 is 2.69 bits per heavy atom. The summed E-state index contributed by atoms with van der Waals surface area (Å²) in [4.78, 5) is 15.2. The molecule has 0 saturated heterocycles. The molecule has 13 heavy (non-hydrogen) atoms. The highest BCUT2D eigenvalue weighted by Gasteiger charge is 2.21. The molecule has 0 aliphatic heterocycles. The monoisotopic (exact) mass is 184 g/mol. The van der Waals surface area contributed by atoms with Gasteiger partial charge >= 0.3 is 0 Å². The topological polar surface area (TPSA) is 79.5 Å². The van der Waals surface area contributed by atoms with E-state index in [1.807, 2.05) is 0 Å². The summed E-state index contributed by atoms with van der Waals surface area (Å²) in [5.41, 5.74) is 5.57. The number of carbonyl (C=O) groups is 1. The molecule has 1 aliphatic carbocycles. The standard InChI is InChI=1S/C8H16N4O/c1-5(7(13)10-2)11-8(9)12-6-3-4-6/h5-6H,3-4H2,1-2H3,(H,10,13)(H3,9,11,12). The molecule has 4 N–H and O–H groups in total. The Hall–Kier alpha value is -1.26. The van der Waals surface area contributed by atoms with Crippen molar-refractivity contribution in [3.05, 3.63) is 0 Å². The average molecular weight is 184 g/mol. The van der Waals surface area contributed by atoms with E-state index in [4.69, 9.17) is 5.73 Å². The van der Waals surface area contributed by atoms with Crippen LogP contribution in [0.1, 0.15) is 19.8 Å². The Bertz CT molecular complexity index is 222. The number of guanidine groups is 1. The smallest absolute Gasteiger partial charge is 0.242 e. The van der Waals surface area contributed by atoms with Gasteiger partial charge in [0.15, 0.2) is 5.96 Å². The van der Waals surface area contributed by atoms with Crippen LogP contribution in [0.5, 0.6) is 0 Å². The van der Waals surface area contributed by atoms with Gasteiger partial charge < -0.3 is 16.4 Å². The van der Waals surface area contributed by atoms with E-state index in [0.29, 0.717) is 12.0 Å². The van der Waals surface area contributed by atoms with Gasteiger partial charge in [-0.15, -0.1) is 0 Å². The van der Waals surface area contributed by atoms with Gasteiger partial charge in [-0.05, 0) is 19.8 Å². The van der Waals surface area contributed by atoms with Gasteiger partial charge in [-0.1, -0.05) is 0 Å². The van der Waals surface area contributed by atoms with Crippen LogP contribution in [0, 0.1) is 0 Å². The van der Waals surface area contributed by atoms with Crippen molar-refractivity contribution in [3.8, 4) is 0 Å². The quantitative estimate of drug-likeness (QED) is 0.396. The van der Waals surface area contributed by atoms with Crippen LogP contribution in [0.15, 0.2) is 4.99 Å². The maximum Gasteiger partial charge on any atom is 0.242 e. The van der Waals surface area contributed by atoms with Crippen LogP contribution in [-0.2, 0) is 4.79 Å². The molecular formula is C8H16N4O. The summed E-state index contributed by atoms with van der Waals surface area (Å²) in [6.45, 7) is 1.74. The first-order chi connectivity index (χ1) is 6.13. The van der Waals surface area contributed by atoms with E-state index in [2.05, 4.69) is 15.6 Å². The zero-order valence-electron chi connectivity index (χ0n) is 8.00. The highest BCUT2D eigenvalue weighted by atomic mass is 16.2. The lowest BCUT2D eigenvalue weighted by molar-refractivity contribution is -0.121. The minimum Gasteiger partial charge on any atom is -0.370 e. The van der Waals surface area contributed by atoms with E-state index >= 15 is 0 Å². The molecule has 1 saturated carbocycles. The van der Waals surface area contributed by atoms with Gasteiger partial charge in [-0.2, -0.15) is 0 Å². The number of carbonyl (C=O) groups excluding carboxylic acids is 1. The normalized spacial score (nSPS) is 19.4. The molecule has 1 amide bonds. The van der Waals surface area contributed by atoms with Crippen molar-refractivity contribution in [2.75, 3.05) is 7.05 Å². The molecule has 1 rings (SSSR count). The van der Waals surface area contributed by atoms with E-state index in [-0.39, 0.29) is 11.9 Å². The Morgan fingerprint density at radius 2 is 2.23 bits per heavy atom. The van der Waals surface area contributed by atoms with Crippen LogP contribution >= 0.6 is 0 Å². The molecule has 0 aromatic carbocycles. The fourth-order valence-electron chi connectivity index (χ4n) is 0.941. The van der Waals surface area contributed by atoms with Crippen molar-refractivity contribution in [2.45, 2.75) is 31.8 Å². The Kier molecular flexibility index (Phi) is 3.11. The summed E-state index contributed by atoms with van der Waals surface area (Å²) in [5, 5.41) is 5.34. The summed E-state index contributed by atoms with van der Waals surface area (Å²) >= 11 is 0. The minimum atomic E-state index is -0.326. The second-order valence-corrected chi connectivity index (χ2v) is 3.23. The number of amides is 1. The highest BCUT2D eigenvalue weighted by molar-refractivity contribution is 5.87. The average Bonchev–Trinajstić information content (AvgIpc) is 2.86. The zero-order valence-corrected chi connectivity index (χ0v) is 8.00. The predicted molar refractivity (Wildman–Crippen MR) is 51.3 cm³/mol. The van der Waals surface area contributed by atoms with Crippen LogP contribution in [0.2, 0.25) is 0 Å². The van der Waals surface area contributed by atoms with E-state index in [0.717, 1.165) is 12.8 Å². The van der Waals surface area contributed by atoms with E-state index in [1.165, 1.54) is 0 Å². The number of aliphatic imine (C=N–C) groups is 1. The fraction of sp³-hybridized carbons (Fsp3) is 0.750. The largest absolute Gasteiger partial charge is 0.370 e. The second-order valence-electron chi connectivity index (χ2n) is 3.23. The number of hydrogen-bond acceptors (Lipinski definition) is 2. The van der Waals surface area contributed by atoms with Crippen LogP contribution in [-0.4, -0.2) is 31.0 Å². The molecule has 0 radical (unpaired) electrons. The van der Waals surface area contributed by atoms with Crippen molar-refractivity contribution in [3.63, 3.8) is 0 Å². The molecule has 0 heterocycles. The highest BCUT2D eigenvalue weighted by Crippen LogP contribution is 2.22. The molecule has 1 unspecified atom stereocenters. The number of nitrogens with one attached hydrogen (secondary N) is 2. The van der Waals surface area contributed by atoms with Gasteiger partial charge in [0.2, 0.25) is 5.91 Å². The zero-order chi connectivity index (χ0) is 9.84. The molecule has 0 bridgehead atoms. The predicted octanol–water partition coefficient (Wildman–Crippen LogP) is -0.812.